The molecule has 0 aliphatic heterocycles. The number of nitrogens with zero attached hydrogens (tertiary/aromatic N) is 1. The van der Waals surface area contributed by atoms with Gasteiger partial charge in [0.25, 0.3) is 0 Å². The molecule has 1 fully saturated rings. The van der Waals surface area contributed by atoms with Gasteiger partial charge in [0.05, 0.1) is 23.6 Å². The molecule has 1 atom stereocenters. The first-order valence-electron chi connectivity index (χ1n) is 9.41. The Morgan fingerprint density at radius 2 is 2.08 bits per heavy atom. The lowest BCUT2D eigenvalue weighted by Crippen LogP contribution is -2.45. The Bertz CT molecular complexity index is 784. The lowest BCUT2D eigenvalue weighted by Gasteiger charge is -2.40. The summed E-state index contributed by atoms with van der Waals surface area (Å²) in [6.07, 6.45) is 4.89. The molecule has 1 aromatic carbocycles. The summed E-state index contributed by atoms with van der Waals surface area (Å²) >= 11 is 0. The molecule has 0 spiro atoms. The van der Waals surface area contributed by atoms with E-state index in [4.69, 9.17) is 4.74 Å². The number of aromatic nitrogens is 1. The number of halogens is 1. The van der Waals surface area contributed by atoms with Crippen molar-refractivity contribution in [1.82, 2.24) is 4.98 Å². The Kier molecular flexibility index (Phi) is 5.56. The zero-order chi connectivity index (χ0) is 18.7. The van der Waals surface area contributed by atoms with E-state index in [1.165, 1.54) is 12.1 Å². The second-order valence-corrected chi connectivity index (χ2v) is 7.15. The predicted octanol–water partition coefficient (Wildman–Crippen LogP) is 4.35. The third kappa shape index (κ3) is 3.58. The molecule has 3 rings (SSSR count). The van der Waals surface area contributed by atoms with Gasteiger partial charge in [-0.25, -0.2) is 4.39 Å². The van der Waals surface area contributed by atoms with Crippen LogP contribution in [0.5, 0.6) is 0 Å². The number of rotatable bonds is 5. The fraction of sp³-hybridized carbons (Fsp3) is 0.524. The van der Waals surface area contributed by atoms with Crippen LogP contribution in [0.1, 0.15) is 57.4 Å². The summed E-state index contributed by atoms with van der Waals surface area (Å²) in [4.78, 5) is 16.5. The number of esters is 1. The molecule has 1 N–H and O–H groups in total. The quantitative estimate of drug-likeness (QED) is 0.806. The van der Waals surface area contributed by atoms with Crippen LogP contribution in [0.2, 0.25) is 0 Å². The second-order valence-electron chi connectivity index (χ2n) is 7.15. The highest BCUT2D eigenvalue weighted by molar-refractivity contribution is 5.82. The Labute approximate surface area is 153 Å². The lowest BCUT2D eigenvalue weighted by molar-refractivity contribution is -0.161. The maximum atomic E-state index is 13.7. The van der Waals surface area contributed by atoms with Crippen molar-refractivity contribution in [2.45, 2.75) is 57.5 Å². The van der Waals surface area contributed by atoms with E-state index in [0.29, 0.717) is 25.9 Å². The summed E-state index contributed by atoms with van der Waals surface area (Å²) in [7, 11) is 0. The monoisotopic (exact) mass is 359 g/mol. The number of ether oxygens (including phenoxy) is 1. The SMILES string of the molecule is CCOC(=O)C(CC)[C@]1(O)CC[C@H](c2ccnc3ccc(F)cc32)CC1. The third-order valence-electron chi connectivity index (χ3n) is 5.66. The maximum Gasteiger partial charge on any atom is 0.311 e. The number of fused-ring (bicyclic) bond motifs is 1. The number of carbonyl (C=O) groups excluding carboxylic acids is 1. The van der Waals surface area contributed by atoms with Crippen LogP contribution in [0.25, 0.3) is 10.9 Å². The Balaban J connectivity index is 1.80. The number of benzene rings is 1. The van der Waals surface area contributed by atoms with Gasteiger partial charge >= 0.3 is 5.97 Å². The van der Waals surface area contributed by atoms with Crippen LogP contribution in [0.3, 0.4) is 0 Å². The maximum absolute atomic E-state index is 13.7. The molecule has 140 valence electrons. The molecular formula is C21H26FNO3. The minimum Gasteiger partial charge on any atom is -0.466 e. The molecule has 0 amide bonds. The van der Waals surface area contributed by atoms with Gasteiger partial charge in [-0.3, -0.25) is 9.78 Å². The molecule has 0 radical (unpaired) electrons. The highest BCUT2D eigenvalue weighted by Crippen LogP contribution is 2.44. The van der Waals surface area contributed by atoms with Crippen molar-refractivity contribution in [1.29, 1.82) is 0 Å². The summed E-state index contributed by atoms with van der Waals surface area (Å²) in [5.41, 5.74) is 0.828. The summed E-state index contributed by atoms with van der Waals surface area (Å²) < 4.78 is 18.8. The highest BCUT2D eigenvalue weighted by atomic mass is 19.1. The third-order valence-corrected chi connectivity index (χ3v) is 5.66. The van der Waals surface area contributed by atoms with Crippen LogP contribution in [0.4, 0.5) is 4.39 Å². The number of hydrogen-bond acceptors (Lipinski definition) is 4. The molecule has 5 heteroatoms. The van der Waals surface area contributed by atoms with E-state index in [-0.39, 0.29) is 17.7 Å². The van der Waals surface area contributed by atoms with Gasteiger partial charge < -0.3 is 9.84 Å². The molecule has 1 aliphatic rings. The van der Waals surface area contributed by atoms with Crippen molar-refractivity contribution in [2.24, 2.45) is 5.92 Å². The highest BCUT2D eigenvalue weighted by Gasteiger charge is 2.44. The normalized spacial score (nSPS) is 24.4. The average Bonchev–Trinajstić information content (AvgIpc) is 2.62. The van der Waals surface area contributed by atoms with Crippen molar-refractivity contribution in [3.8, 4) is 0 Å². The van der Waals surface area contributed by atoms with Gasteiger partial charge in [0.1, 0.15) is 5.82 Å². The van der Waals surface area contributed by atoms with E-state index in [9.17, 15) is 14.3 Å². The van der Waals surface area contributed by atoms with Gasteiger partial charge in [-0.15, -0.1) is 0 Å². The van der Waals surface area contributed by atoms with E-state index in [0.717, 1.165) is 29.3 Å². The molecule has 4 nitrogen and oxygen atoms in total. The molecule has 26 heavy (non-hydrogen) atoms. The van der Waals surface area contributed by atoms with E-state index >= 15 is 0 Å². The minimum atomic E-state index is -1.02. The average molecular weight is 359 g/mol. The predicted molar refractivity (Wildman–Crippen MR) is 98.3 cm³/mol. The van der Waals surface area contributed by atoms with Crippen LogP contribution < -0.4 is 0 Å². The summed E-state index contributed by atoms with van der Waals surface area (Å²) in [5, 5.41) is 11.9. The number of pyridine rings is 1. The zero-order valence-corrected chi connectivity index (χ0v) is 15.4. The van der Waals surface area contributed by atoms with E-state index in [1.54, 1.807) is 19.2 Å². The number of aliphatic hydroxyl groups is 1. The van der Waals surface area contributed by atoms with Crippen LogP contribution in [-0.4, -0.2) is 28.3 Å². The number of hydrogen-bond donors (Lipinski definition) is 1. The zero-order valence-electron chi connectivity index (χ0n) is 15.4. The Hall–Kier alpha value is -2.01. The molecule has 1 aromatic heterocycles. The van der Waals surface area contributed by atoms with Gasteiger partial charge in [0, 0.05) is 11.6 Å². The summed E-state index contributed by atoms with van der Waals surface area (Å²) in [6, 6.07) is 6.59. The van der Waals surface area contributed by atoms with Crippen molar-refractivity contribution in [2.75, 3.05) is 6.61 Å². The van der Waals surface area contributed by atoms with Crippen LogP contribution >= 0.6 is 0 Å². The molecule has 0 saturated heterocycles. The van der Waals surface area contributed by atoms with Crippen molar-refractivity contribution in [3.63, 3.8) is 0 Å². The van der Waals surface area contributed by atoms with Crippen LogP contribution in [0.15, 0.2) is 30.5 Å². The molecule has 1 heterocycles. The topological polar surface area (TPSA) is 59.4 Å². The van der Waals surface area contributed by atoms with E-state index in [1.807, 2.05) is 13.0 Å². The van der Waals surface area contributed by atoms with Gasteiger partial charge in [-0.2, -0.15) is 0 Å². The summed E-state index contributed by atoms with van der Waals surface area (Å²) in [5.74, 6) is -0.850. The minimum absolute atomic E-state index is 0.224. The summed E-state index contributed by atoms with van der Waals surface area (Å²) in [6.45, 7) is 4.01. The van der Waals surface area contributed by atoms with Gasteiger partial charge in [-0.1, -0.05) is 6.92 Å². The molecule has 1 unspecified atom stereocenters. The largest absolute Gasteiger partial charge is 0.466 e. The first kappa shape index (κ1) is 18.8. The lowest BCUT2D eigenvalue weighted by atomic mass is 9.69. The van der Waals surface area contributed by atoms with E-state index in [2.05, 4.69) is 4.98 Å². The van der Waals surface area contributed by atoms with Crippen molar-refractivity contribution < 1.29 is 19.0 Å². The second kappa shape index (κ2) is 7.70. The molecule has 0 bridgehead atoms. The molecule has 1 aliphatic carbocycles. The standard InChI is InChI=1S/C21H26FNO3/c1-3-18(20(24)26-4-2)21(25)10-7-14(8-11-21)16-9-12-23-19-6-5-15(22)13-17(16)19/h5-6,9,12-14,18,25H,3-4,7-8,10-11H2,1-2H3/t14-,18?,21-. The molecule has 1 saturated carbocycles. The fourth-order valence-corrected chi connectivity index (χ4v) is 4.28. The van der Waals surface area contributed by atoms with Crippen LogP contribution in [-0.2, 0) is 9.53 Å². The fourth-order valence-electron chi connectivity index (χ4n) is 4.28. The molecule has 2 aromatic rings. The molecular weight excluding hydrogens is 333 g/mol. The van der Waals surface area contributed by atoms with Crippen LogP contribution in [0, 0.1) is 11.7 Å². The smallest absolute Gasteiger partial charge is 0.311 e. The van der Waals surface area contributed by atoms with Crippen molar-refractivity contribution >= 4 is 16.9 Å². The van der Waals surface area contributed by atoms with Gasteiger partial charge in [-0.05, 0) is 74.8 Å². The van der Waals surface area contributed by atoms with Gasteiger partial charge in [0.15, 0.2) is 0 Å². The first-order chi connectivity index (χ1) is 12.5. The van der Waals surface area contributed by atoms with Crippen molar-refractivity contribution in [3.05, 3.63) is 41.8 Å². The van der Waals surface area contributed by atoms with Gasteiger partial charge in [0.2, 0.25) is 0 Å². The first-order valence-corrected chi connectivity index (χ1v) is 9.41. The Morgan fingerprint density at radius 1 is 1.35 bits per heavy atom. The number of carbonyl (C=O) groups is 1. The van der Waals surface area contributed by atoms with E-state index < -0.39 is 11.5 Å². The Morgan fingerprint density at radius 3 is 2.73 bits per heavy atom.